The SMILES string of the molecule is O=c1[nH]c(=O)n(CC(F)F)c(O)c1-c1ccccc1F. The summed E-state index contributed by atoms with van der Waals surface area (Å²) >= 11 is 0. The highest BCUT2D eigenvalue weighted by Gasteiger charge is 2.20. The van der Waals surface area contributed by atoms with Gasteiger partial charge in [0.25, 0.3) is 12.0 Å². The van der Waals surface area contributed by atoms with Crippen LogP contribution in [0.1, 0.15) is 0 Å². The molecule has 2 N–H and O–H groups in total. The van der Waals surface area contributed by atoms with E-state index in [0.29, 0.717) is 0 Å². The predicted molar refractivity (Wildman–Crippen MR) is 64.4 cm³/mol. The molecular formula is C12H9F3N2O3. The molecule has 0 radical (unpaired) electrons. The first kappa shape index (κ1) is 13.9. The highest BCUT2D eigenvalue weighted by Crippen LogP contribution is 2.26. The summed E-state index contributed by atoms with van der Waals surface area (Å²) in [4.78, 5) is 24.8. The molecule has 1 heterocycles. The molecule has 5 nitrogen and oxygen atoms in total. The molecule has 2 rings (SSSR count). The second-order valence-electron chi connectivity index (χ2n) is 3.94. The number of aromatic amines is 1. The Hall–Kier alpha value is -2.51. The molecule has 0 amide bonds. The molecule has 0 spiro atoms. The maximum absolute atomic E-state index is 13.6. The van der Waals surface area contributed by atoms with Gasteiger partial charge in [-0.1, -0.05) is 18.2 Å². The Morgan fingerprint density at radius 2 is 1.90 bits per heavy atom. The molecule has 0 saturated carbocycles. The van der Waals surface area contributed by atoms with E-state index >= 15 is 0 Å². The molecule has 0 unspecified atom stereocenters. The third-order valence-corrected chi connectivity index (χ3v) is 2.64. The van der Waals surface area contributed by atoms with Gasteiger partial charge in [0.1, 0.15) is 11.4 Å². The molecule has 0 atom stereocenters. The number of nitrogens with zero attached hydrogens (tertiary/aromatic N) is 1. The Morgan fingerprint density at radius 1 is 1.25 bits per heavy atom. The zero-order chi connectivity index (χ0) is 14.9. The van der Waals surface area contributed by atoms with E-state index in [1.165, 1.54) is 18.2 Å². The van der Waals surface area contributed by atoms with Gasteiger partial charge in [0, 0.05) is 5.56 Å². The minimum absolute atomic E-state index is 0.283. The molecule has 106 valence electrons. The topological polar surface area (TPSA) is 75.1 Å². The number of hydrogen-bond acceptors (Lipinski definition) is 3. The molecule has 2 aromatic rings. The second-order valence-corrected chi connectivity index (χ2v) is 3.94. The quantitative estimate of drug-likeness (QED) is 0.893. The van der Waals surface area contributed by atoms with Crippen molar-refractivity contribution in [2.75, 3.05) is 0 Å². The van der Waals surface area contributed by atoms with E-state index in [2.05, 4.69) is 0 Å². The molecule has 8 heteroatoms. The number of hydrogen-bond donors (Lipinski definition) is 2. The van der Waals surface area contributed by atoms with Crippen molar-refractivity contribution in [2.45, 2.75) is 13.0 Å². The van der Waals surface area contributed by atoms with Crippen LogP contribution >= 0.6 is 0 Å². The summed E-state index contributed by atoms with van der Waals surface area (Å²) in [7, 11) is 0. The number of halogens is 3. The largest absolute Gasteiger partial charge is 0.494 e. The summed E-state index contributed by atoms with van der Waals surface area (Å²) < 4.78 is 38.6. The molecule has 0 saturated heterocycles. The van der Waals surface area contributed by atoms with E-state index < -0.39 is 41.5 Å². The maximum Gasteiger partial charge on any atom is 0.331 e. The van der Waals surface area contributed by atoms with E-state index in [0.717, 1.165) is 6.07 Å². The average Bonchev–Trinajstić information content (AvgIpc) is 2.36. The summed E-state index contributed by atoms with van der Waals surface area (Å²) in [6.45, 7) is -1.11. The lowest BCUT2D eigenvalue weighted by Gasteiger charge is -2.11. The van der Waals surface area contributed by atoms with Gasteiger partial charge < -0.3 is 5.11 Å². The minimum atomic E-state index is -2.92. The number of nitrogens with one attached hydrogen (secondary N) is 1. The third kappa shape index (κ3) is 2.44. The van der Waals surface area contributed by atoms with Crippen molar-refractivity contribution in [2.24, 2.45) is 0 Å². The Morgan fingerprint density at radius 3 is 2.50 bits per heavy atom. The standard InChI is InChI=1S/C12H9F3N2O3/c13-7-4-2-1-3-6(7)9-10(18)16-12(20)17(11(9)19)5-8(14)15/h1-4,8,19H,5H2,(H,16,18,20). The summed E-state index contributed by atoms with van der Waals surface area (Å²) in [6, 6.07) is 4.99. The Balaban J connectivity index is 2.75. The van der Waals surface area contributed by atoms with Crippen molar-refractivity contribution in [3.8, 4) is 17.0 Å². The highest BCUT2D eigenvalue weighted by atomic mass is 19.3. The van der Waals surface area contributed by atoms with E-state index in [4.69, 9.17) is 0 Å². The first-order valence-corrected chi connectivity index (χ1v) is 5.51. The van der Waals surface area contributed by atoms with Gasteiger partial charge in [0.05, 0.1) is 6.54 Å². The Kier molecular flexibility index (Phi) is 3.64. The number of aromatic hydroxyl groups is 1. The summed E-state index contributed by atoms with van der Waals surface area (Å²) in [5, 5.41) is 9.82. The van der Waals surface area contributed by atoms with E-state index in [9.17, 15) is 27.9 Å². The zero-order valence-electron chi connectivity index (χ0n) is 9.94. The summed E-state index contributed by atoms with van der Waals surface area (Å²) in [6.07, 6.45) is -2.92. The van der Waals surface area contributed by atoms with Gasteiger partial charge in [-0.2, -0.15) is 0 Å². The van der Waals surface area contributed by atoms with Crippen LogP contribution in [0.4, 0.5) is 13.2 Å². The van der Waals surface area contributed by atoms with Gasteiger partial charge in [-0.3, -0.25) is 14.3 Å². The van der Waals surface area contributed by atoms with Crippen molar-refractivity contribution in [1.82, 2.24) is 9.55 Å². The first-order chi connectivity index (χ1) is 9.41. The van der Waals surface area contributed by atoms with E-state index in [-0.39, 0.29) is 10.1 Å². The van der Waals surface area contributed by atoms with Gasteiger partial charge in [-0.15, -0.1) is 0 Å². The lowest BCUT2D eigenvalue weighted by Crippen LogP contribution is -2.32. The van der Waals surface area contributed by atoms with Crippen LogP contribution in [-0.4, -0.2) is 21.1 Å². The van der Waals surface area contributed by atoms with Gasteiger partial charge in [0.2, 0.25) is 5.88 Å². The van der Waals surface area contributed by atoms with Gasteiger partial charge in [-0.25, -0.2) is 18.0 Å². The third-order valence-electron chi connectivity index (χ3n) is 2.64. The lowest BCUT2D eigenvalue weighted by molar-refractivity contribution is 0.120. The highest BCUT2D eigenvalue weighted by molar-refractivity contribution is 5.67. The fourth-order valence-electron chi connectivity index (χ4n) is 1.77. The number of alkyl halides is 2. The summed E-state index contributed by atoms with van der Waals surface area (Å²) in [5.74, 6) is -1.82. The average molecular weight is 286 g/mol. The van der Waals surface area contributed by atoms with Crippen LogP contribution in [-0.2, 0) is 6.54 Å². The van der Waals surface area contributed by atoms with E-state index in [1.807, 2.05) is 0 Å². The van der Waals surface area contributed by atoms with Crippen LogP contribution in [0.25, 0.3) is 11.1 Å². The van der Waals surface area contributed by atoms with Crippen LogP contribution in [0, 0.1) is 5.82 Å². The second kappa shape index (κ2) is 5.24. The van der Waals surface area contributed by atoms with Crippen molar-refractivity contribution in [3.63, 3.8) is 0 Å². The summed E-state index contributed by atoms with van der Waals surface area (Å²) in [5.41, 5.74) is -3.09. The molecule has 0 aliphatic rings. The molecule has 0 aliphatic heterocycles. The van der Waals surface area contributed by atoms with Gasteiger partial charge >= 0.3 is 5.69 Å². The Labute approximate surface area is 109 Å². The van der Waals surface area contributed by atoms with Crippen molar-refractivity contribution < 1.29 is 18.3 Å². The monoisotopic (exact) mass is 286 g/mol. The number of benzene rings is 1. The maximum atomic E-state index is 13.6. The molecule has 0 aliphatic carbocycles. The molecular weight excluding hydrogens is 277 g/mol. The lowest BCUT2D eigenvalue weighted by atomic mass is 10.1. The van der Waals surface area contributed by atoms with Crippen molar-refractivity contribution in [1.29, 1.82) is 0 Å². The van der Waals surface area contributed by atoms with Crippen molar-refractivity contribution in [3.05, 3.63) is 50.9 Å². The molecule has 1 aromatic heterocycles. The Bertz CT molecular complexity index is 752. The molecule has 0 bridgehead atoms. The fraction of sp³-hybridized carbons (Fsp3) is 0.167. The van der Waals surface area contributed by atoms with Gasteiger partial charge in [0.15, 0.2) is 0 Å². The van der Waals surface area contributed by atoms with Crippen LogP contribution in [0.5, 0.6) is 5.88 Å². The normalized spacial score (nSPS) is 11.0. The molecule has 0 fully saturated rings. The van der Waals surface area contributed by atoms with Crippen LogP contribution in [0.3, 0.4) is 0 Å². The van der Waals surface area contributed by atoms with Gasteiger partial charge in [-0.05, 0) is 6.07 Å². The minimum Gasteiger partial charge on any atom is -0.494 e. The number of aromatic nitrogens is 2. The van der Waals surface area contributed by atoms with Crippen LogP contribution in [0.2, 0.25) is 0 Å². The van der Waals surface area contributed by atoms with Crippen LogP contribution in [0.15, 0.2) is 33.9 Å². The van der Waals surface area contributed by atoms with E-state index in [1.54, 1.807) is 4.98 Å². The first-order valence-electron chi connectivity index (χ1n) is 5.51. The predicted octanol–water partition coefficient (Wildman–Crippen LogP) is 1.31. The molecule has 1 aromatic carbocycles. The number of rotatable bonds is 3. The fourth-order valence-corrected chi connectivity index (χ4v) is 1.77. The van der Waals surface area contributed by atoms with Crippen molar-refractivity contribution >= 4 is 0 Å². The number of H-pyrrole nitrogens is 1. The zero-order valence-corrected chi connectivity index (χ0v) is 9.94. The molecule has 20 heavy (non-hydrogen) atoms. The van der Waals surface area contributed by atoms with Crippen LogP contribution < -0.4 is 11.2 Å². The smallest absolute Gasteiger partial charge is 0.331 e.